The molecule has 0 saturated heterocycles. The minimum atomic E-state index is 0.649. The number of hydrogen-bond acceptors (Lipinski definition) is 10. The third kappa shape index (κ3) is 8.12. The van der Waals surface area contributed by atoms with Crippen molar-refractivity contribution in [1.82, 2.24) is 41.2 Å². The summed E-state index contributed by atoms with van der Waals surface area (Å²) in [4.78, 5) is 20.5. The third-order valence-corrected chi connectivity index (χ3v) is 12.0. The number of benzene rings is 6. The Labute approximate surface area is 359 Å². The lowest BCUT2D eigenvalue weighted by Gasteiger charge is -2.11. The Bertz CT molecular complexity index is 2860. The summed E-state index contributed by atoms with van der Waals surface area (Å²) in [5, 5.41) is 23.0. The molecule has 10 heteroatoms. The Hall–Kier alpha value is -6.24. The van der Waals surface area contributed by atoms with Gasteiger partial charge in [-0.05, 0) is 95.1 Å². The maximum absolute atomic E-state index is 5.95. The first-order chi connectivity index (χ1) is 30.7. The van der Waals surface area contributed by atoms with E-state index in [0.717, 1.165) is 140 Å². The molecule has 308 valence electrons. The molecule has 0 amide bonds. The number of nitrogens with one attached hydrogen (secondary N) is 4. The highest BCUT2D eigenvalue weighted by atomic mass is 16.5. The molecule has 20 aliphatic rings. The fourth-order valence-electron chi connectivity index (χ4n) is 8.75. The van der Waals surface area contributed by atoms with Crippen LogP contribution in [0.15, 0.2) is 121 Å². The highest BCUT2D eigenvalue weighted by Crippen LogP contribution is 2.31. The highest BCUT2D eigenvalue weighted by Gasteiger charge is 2.12. The van der Waals surface area contributed by atoms with Crippen molar-refractivity contribution in [1.29, 1.82) is 0 Å². The van der Waals surface area contributed by atoms with E-state index in [1.807, 2.05) is 0 Å². The van der Waals surface area contributed by atoms with E-state index in [0.29, 0.717) is 26.4 Å². The second kappa shape index (κ2) is 17.3. The molecular weight excluding hydrogens is 769 g/mol. The van der Waals surface area contributed by atoms with Gasteiger partial charge in [0.05, 0.1) is 70.6 Å². The maximum Gasteiger partial charge on any atom is 0.0972 e. The number of aromatic nitrogens is 4. The van der Waals surface area contributed by atoms with E-state index in [4.69, 9.17) is 29.4 Å². The predicted octanol–water partition coefficient (Wildman–Crippen LogP) is 8.60. The normalized spacial score (nSPS) is 15.9. The minimum Gasteiger partial charge on any atom is -0.379 e. The van der Waals surface area contributed by atoms with Gasteiger partial charge in [-0.25, -0.2) is 19.9 Å². The zero-order valence-corrected chi connectivity index (χ0v) is 34.6. The van der Waals surface area contributed by atoms with Gasteiger partial charge in [0, 0.05) is 95.4 Å². The average molecular weight is 817 g/mol. The topological polar surface area (TPSA) is 118 Å². The van der Waals surface area contributed by atoms with E-state index in [-0.39, 0.29) is 0 Å². The van der Waals surface area contributed by atoms with E-state index in [1.165, 1.54) is 22.3 Å². The fourth-order valence-corrected chi connectivity index (χ4v) is 8.75. The molecule has 0 atom stereocenters. The van der Waals surface area contributed by atoms with Crippen LogP contribution >= 0.6 is 0 Å². The van der Waals surface area contributed by atoms with Crippen LogP contribution in [-0.4, -0.2) is 72.5 Å². The van der Waals surface area contributed by atoms with Crippen molar-refractivity contribution in [3.63, 3.8) is 0 Å². The molecule has 20 bridgehead atoms. The molecule has 62 heavy (non-hydrogen) atoms. The largest absolute Gasteiger partial charge is 0.379 e. The summed E-state index contributed by atoms with van der Waals surface area (Å²) in [5.74, 6) is 0. The van der Waals surface area contributed by atoms with Crippen LogP contribution in [0, 0.1) is 0 Å². The Balaban J connectivity index is 0.798. The quantitative estimate of drug-likeness (QED) is 0.0876. The van der Waals surface area contributed by atoms with Crippen LogP contribution in [0.3, 0.4) is 0 Å². The summed E-state index contributed by atoms with van der Waals surface area (Å²) in [7, 11) is 0. The smallest absolute Gasteiger partial charge is 0.0972 e. The van der Waals surface area contributed by atoms with Gasteiger partial charge in [0.25, 0.3) is 0 Å². The molecule has 0 radical (unpaired) electrons. The van der Waals surface area contributed by atoms with Crippen molar-refractivity contribution in [2.45, 2.75) is 26.2 Å². The molecule has 6 aromatic carbocycles. The molecule has 10 aromatic rings. The second-order valence-electron chi connectivity index (χ2n) is 16.4. The number of hydrogen-bond donors (Lipinski definition) is 4. The van der Waals surface area contributed by atoms with Crippen LogP contribution in [0.5, 0.6) is 0 Å². The first-order valence-corrected chi connectivity index (χ1v) is 21.8. The fraction of sp³-hybridized carbons (Fsp3) is 0.231. The van der Waals surface area contributed by atoms with Crippen molar-refractivity contribution in [2.24, 2.45) is 0 Å². The molecule has 30 rings (SSSR count). The summed E-state index contributed by atoms with van der Waals surface area (Å²) in [6.07, 6.45) is 0. The first kappa shape index (κ1) is 38.7. The van der Waals surface area contributed by atoms with Gasteiger partial charge in [0.15, 0.2) is 0 Å². The van der Waals surface area contributed by atoms with Crippen molar-refractivity contribution in [3.8, 4) is 0 Å². The molecule has 4 aromatic heterocycles. The van der Waals surface area contributed by atoms with Crippen molar-refractivity contribution in [2.75, 3.05) is 52.6 Å². The van der Waals surface area contributed by atoms with Gasteiger partial charge in [-0.15, -0.1) is 0 Å². The Morgan fingerprint density at radius 2 is 0.548 bits per heavy atom. The number of ether oxygens (including phenoxy) is 2. The summed E-state index contributed by atoms with van der Waals surface area (Å²) in [5.41, 5.74) is 12.5. The van der Waals surface area contributed by atoms with Crippen molar-refractivity contribution in [3.05, 3.63) is 144 Å². The molecular formula is C52H48N8O2. The van der Waals surface area contributed by atoms with E-state index >= 15 is 0 Å². The Morgan fingerprint density at radius 1 is 0.290 bits per heavy atom. The van der Waals surface area contributed by atoms with Crippen LogP contribution in [0.1, 0.15) is 22.3 Å². The minimum absolute atomic E-state index is 0.649. The molecule has 4 N–H and O–H groups in total. The van der Waals surface area contributed by atoms with Gasteiger partial charge in [-0.2, -0.15) is 0 Å². The highest BCUT2D eigenvalue weighted by molar-refractivity contribution is 6.10. The number of rotatable bonds is 0. The average Bonchev–Trinajstić information content (AvgIpc) is 3.30. The van der Waals surface area contributed by atoms with Gasteiger partial charge < -0.3 is 30.7 Å². The Kier molecular flexibility index (Phi) is 10.8. The van der Waals surface area contributed by atoms with E-state index in [2.05, 4.69) is 143 Å². The molecule has 0 aliphatic carbocycles. The van der Waals surface area contributed by atoms with E-state index < -0.39 is 0 Å². The number of nitrogens with zero attached hydrogens (tertiary/aromatic N) is 4. The SMILES string of the molecule is c1cc2nc3c4ccc5cc6cc(ccc6nc53)CNCCOCCNCc3ccc5nc6c(ccc7cc8cc(ccc8nc76)CNCCOCCNCc1cc2c4)cc5c3. The van der Waals surface area contributed by atoms with Crippen molar-refractivity contribution < 1.29 is 9.47 Å². The zero-order chi connectivity index (χ0) is 41.2. The van der Waals surface area contributed by atoms with Crippen LogP contribution in [-0.2, 0) is 35.7 Å². The lowest BCUT2D eigenvalue weighted by molar-refractivity contribution is 0.137. The summed E-state index contributed by atoms with van der Waals surface area (Å²) in [6, 6.07) is 43.7. The zero-order valence-electron chi connectivity index (χ0n) is 34.6. The molecule has 0 fully saturated rings. The summed E-state index contributed by atoms with van der Waals surface area (Å²) < 4.78 is 11.9. The molecule has 24 heterocycles. The summed E-state index contributed by atoms with van der Waals surface area (Å²) in [6.45, 7) is 8.76. The lowest BCUT2D eigenvalue weighted by atomic mass is 10.0. The van der Waals surface area contributed by atoms with Crippen LogP contribution < -0.4 is 21.3 Å². The lowest BCUT2D eigenvalue weighted by Crippen LogP contribution is -2.23. The monoisotopic (exact) mass is 816 g/mol. The van der Waals surface area contributed by atoms with Gasteiger partial charge in [0.2, 0.25) is 0 Å². The van der Waals surface area contributed by atoms with Gasteiger partial charge >= 0.3 is 0 Å². The molecule has 10 nitrogen and oxygen atoms in total. The molecule has 20 aliphatic heterocycles. The number of pyridine rings is 4. The molecule has 0 unspecified atom stereocenters. The maximum atomic E-state index is 5.95. The molecule has 0 saturated carbocycles. The van der Waals surface area contributed by atoms with Gasteiger partial charge in [-0.1, -0.05) is 48.5 Å². The molecule has 0 spiro atoms. The predicted molar refractivity (Wildman–Crippen MR) is 253 cm³/mol. The van der Waals surface area contributed by atoms with Gasteiger partial charge in [0.1, 0.15) is 0 Å². The Morgan fingerprint density at radius 3 is 0.806 bits per heavy atom. The van der Waals surface area contributed by atoms with Crippen LogP contribution in [0.25, 0.3) is 87.2 Å². The van der Waals surface area contributed by atoms with Gasteiger partial charge in [-0.3, -0.25) is 0 Å². The van der Waals surface area contributed by atoms with E-state index in [1.54, 1.807) is 0 Å². The van der Waals surface area contributed by atoms with Crippen molar-refractivity contribution >= 4 is 87.2 Å². The third-order valence-electron chi connectivity index (χ3n) is 12.0. The second-order valence-corrected chi connectivity index (χ2v) is 16.4. The van der Waals surface area contributed by atoms with E-state index in [9.17, 15) is 0 Å². The summed E-state index contributed by atoms with van der Waals surface area (Å²) >= 11 is 0. The standard InChI is InChI=1S/C52H48N8O2/c1-9-45-41-21-33(1)29-53-13-17-61-18-14-54-30-35-3-11-47-43(23-35)27-39-7-8-40-28-44-24-36(4-12-48(44)60-52(40)51(39)59-47)32-56-16-20-62-19-15-55-31-34-2-10-46-42(22-34)26-38-6-5-37(25-41)49(57-45)50(38)58-46/h1-12,21-28,53-56H,13-20,29-32H2. The van der Waals surface area contributed by atoms with Crippen LogP contribution in [0.4, 0.5) is 0 Å². The first-order valence-electron chi connectivity index (χ1n) is 21.8. The van der Waals surface area contributed by atoms with Crippen LogP contribution in [0.2, 0.25) is 0 Å².